The van der Waals surface area contributed by atoms with Crippen molar-refractivity contribution < 1.29 is 9.36 Å². The van der Waals surface area contributed by atoms with Crippen molar-refractivity contribution in [1.29, 1.82) is 0 Å². The van der Waals surface area contributed by atoms with Gasteiger partial charge in [0.25, 0.3) is 0 Å². The molecule has 0 atom stereocenters. The zero-order chi connectivity index (χ0) is 8.97. The van der Waals surface area contributed by atoms with Crippen molar-refractivity contribution >= 4 is 5.78 Å². The first-order valence-electron chi connectivity index (χ1n) is 4.13. The molecule has 0 aliphatic heterocycles. The lowest BCUT2D eigenvalue weighted by Crippen LogP contribution is -2.32. The van der Waals surface area contributed by atoms with E-state index >= 15 is 0 Å². The van der Waals surface area contributed by atoms with Crippen LogP contribution in [0.2, 0.25) is 0 Å². The summed E-state index contributed by atoms with van der Waals surface area (Å²) in [4.78, 5) is 10.7. The van der Waals surface area contributed by atoms with Gasteiger partial charge in [0.2, 0.25) is 0 Å². The van der Waals surface area contributed by atoms with Crippen molar-refractivity contribution in [3.63, 3.8) is 0 Å². The van der Waals surface area contributed by atoms with Crippen LogP contribution in [0.4, 0.5) is 0 Å². The number of carbonyl (C=O) groups excluding carboxylic acids is 1. The van der Waals surface area contributed by atoms with Gasteiger partial charge in [-0.1, -0.05) is 6.07 Å². The third kappa shape index (κ3) is 2.46. The lowest BCUT2D eigenvalue weighted by Gasteiger charge is -1.96. The van der Waals surface area contributed by atoms with Gasteiger partial charge in [0, 0.05) is 25.0 Å². The maximum Gasteiger partial charge on any atom is 0.181 e. The van der Waals surface area contributed by atoms with Crippen molar-refractivity contribution in [3.8, 4) is 0 Å². The Labute approximate surface area is 72.8 Å². The zero-order valence-corrected chi connectivity index (χ0v) is 7.58. The van der Waals surface area contributed by atoms with Gasteiger partial charge in [-0.05, 0) is 6.92 Å². The van der Waals surface area contributed by atoms with Gasteiger partial charge in [0.05, 0.1) is 0 Å². The van der Waals surface area contributed by atoms with E-state index in [4.69, 9.17) is 0 Å². The standard InChI is InChI=1S/C10H14NO/c1-9(12)6-7-10-5-3-4-8-11(10)2/h3-5,8H,6-7H2,1-2H3/q+1. The first-order valence-corrected chi connectivity index (χ1v) is 4.13. The third-order valence-electron chi connectivity index (χ3n) is 1.90. The molecule has 64 valence electrons. The second-order valence-electron chi connectivity index (χ2n) is 3.00. The molecular formula is C10H14NO+. The van der Waals surface area contributed by atoms with E-state index in [2.05, 4.69) is 0 Å². The fourth-order valence-corrected chi connectivity index (χ4v) is 1.12. The molecule has 12 heavy (non-hydrogen) atoms. The Balaban J connectivity index is 2.63. The molecular weight excluding hydrogens is 150 g/mol. The average Bonchev–Trinajstić information content (AvgIpc) is 2.03. The van der Waals surface area contributed by atoms with E-state index in [1.54, 1.807) is 6.92 Å². The molecule has 1 heterocycles. The summed E-state index contributed by atoms with van der Waals surface area (Å²) in [7, 11) is 2.00. The first-order chi connectivity index (χ1) is 5.70. The van der Waals surface area contributed by atoms with Crippen LogP contribution in [0.1, 0.15) is 19.0 Å². The smallest absolute Gasteiger partial charge is 0.181 e. The van der Waals surface area contributed by atoms with Crippen molar-refractivity contribution in [2.75, 3.05) is 0 Å². The van der Waals surface area contributed by atoms with Gasteiger partial charge in [-0.15, -0.1) is 0 Å². The monoisotopic (exact) mass is 164 g/mol. The molecule has 0 aromatic carbocycles. The molecule has 1 rings (SSSR count). The molecule has 1 aromatic heterocycles. The second-order valence-corrected chi connectivity index (χ2v) is 3.00. The topological polar surface area (TPSA) is 20.9 Å². The molecule has 2 heteroatoms. The number of rotatable bonds is 3. The second kappa shape index (κ2) is 4.00. The Hall–Kier alpha value is -1.18. The highest BCUT2D eigenvalue weighted by atomic mass is 16.1. The molecule has 0 fully saturated rings. The molecule has 0 aliphatic rings. The summed E-state index contributed by atoms with van der Waals surface area (Å²) >= 11 is 0. The molecule has 0 saturated carbocycles. The maximum atomic E-state index is 10.7. The number of aryl methyl sites for hydroxylation is 2. The Bertz CT molecular complexity index is 281. The average molecular weight is 164 g/mol. The van der Waals surface area contributed by atoms with E-state index in [1.807, 2.05) is 36.0 Å². The van der Waals surface area contributed by atoms with Crippen molar-refractivity contribution in [2.45, 2.75) is 19.8 Å². The molecule has 0 saturated heterocycles. The molecule has 0 amide bonds. The predicted octanol–water partition coefficient (Wildman–Crippen LogP) is 1.03. The van der Waals surface area contributed by atoms with Crippen LogP contribution in [0.5, 0.6) is 0 Å². The van der Waals surface area contributed by atoms with Crippen LogP contribution in [0, 0.1) is 0 Å². The van der Waals surface area contributed by atoms with Gasteiger partial charge in [-0.3, -0.25) is 0 Å². The van der Waals surface area contributed by atoms with Crippen molar-refractivity contribution in [1.82, 2.24) is 0 Å². The summed E-state index contributed by atoms with van der Waals surface area (Å²) in [5, 5.41) is 0. The summed E-state index contributed by atoms with van der Waals surface area (Å²) < 4.78 is 2.04. The minimum absolute atomic E-state index is 0.249. The first kappa shape index (κ1) is 8.91. The van der Waals surface area contributed by atoms with Gasteiger partial charge in [0.15, 0.2) is 11.9 Å². The van der Waals surface area contributed by atoms with Gasteiger partial charge in [-0.25, -0.2) is 4.57 Å². The predicted molar refractivity (Wildman–Crippen MR) is 46.6 cm³/mol. The molecule has 0 bridgehead atoms. The summed E-state index contributed by atoms with van der Waals surface area (Å²) in [5.41, 5.74) is 1.20. The quantitative estimate of drug-likeness (QED) is 0.611. The molecule has 0 unspecified atom stereocenters. The van der Waals surface area contributed by atoms with E-state index < -0.39 is 0 Å². The van der Waals surface area contributed by atoms with Crippen LogP contribution in [0.15, 0.2) is 24.4 Å². The fourth-order valence-electron chi connectivity index (χ4n) is 1.12. The van der Waals surface area contributed by atoms with E-state index in [1.165, 1.54) is 5.69 Å². The van der Waals surface area contributed by atoms with Crippen LogP contribution in [0.25, 0.3) is 0 Å². The van der Waals surface area contributed by atoms with E-state index in [-0.39, 0.29) is 5.78 Å². The highest BCUT2D eigenvalue weighted by Gasteiger charge is 2.04. The minimum Gasteiger partial charge on any atom is -0.300 e. The molecule has 0 spiro atoms. The number of hydrogen-bond acceptors (Lipinski definition) is 1. The summed E-state index contributed by atoms with van der Waals surface area (Å²) in [6, 6.07) is 6.02. The summed E-state index contributed by atoms with van der Waals surface area (Å²) in [5.74, 6) is 0.249. The minimum atomic E-state index is 0.249. The van der Waals surface area contributed by atoms with Gasteiger partial charge >= 0.3 is 0 Å². The molecule has 0 radical (unpaired) electrons. The summed E-state index contributed by atoms with van der Waals surface area (Å²) in [6.45, 7) is 1.63. The van der Waals surface area contributed by atoms with E-state index in [9.17, 15) is 4.79 Å². The number of pyridine rings is 1. The van der Waals surface area contributed by atoms with Crippen LogP contribution in [-0.2, 0) is 18.3 Å². The van der Waals surface area contributed by atoms with E-state index in [0.29, 0.717) is 6.42 Å². The normalized spacial score (nSPS) is 9.83. The largest absolute Gasteiger partial charge is 0.300 e. The van der Waals surface area contributed by atoms with Crippen LogP contribution in [0.3, 0.4) is 0 Å². The van der Waals surface area contributed by atoms with Crippen LogP contribution < -0.4 is 4.57 Å². The molecule has 0 N–H and O–H groups in total. The lowest BCUT2D eigenvalue weighted by atomic mass is 10.2. The van der Waals surface area contributed by atoms with Gasteiger partial charge < -0.3 is 4.79 Å². The van der Waals surface area contributed by atoms with Gasteiger partial charge in [-0.2, -0.15) is 0 Å². The SMILES string of the molecule is CC(=O)CCc1cccc[n+]1C. The highest BCUT2D eigenvalue weighted by molar-refractivity contribution is 5.75. The molecule has 2 nitrogen and oxygen atoms in total. The summed E-state index contributed by atoms with van der Waals surface area (Å²) in [6.07, 6.45) is 3.47. The Morgan fingerprint density at radius 1 is 1.50 bits per heavy atom. The third-order valence-corrected chi connectivity index (χ3v) is 1.90. The Morgan fingerprint density at radius 2 is 2.25 bits per heavy atom. The number of nitrogens with zero attached hydrogens (tertiary/aromatic N) is 1. The van der Waals surface area contributed by atoms with Crippen LogP contribution in [-0.4, -0.2) is 5.78 Å². The maximum absolute atomic E-state index is 10.7. The zero-order valence-electron chi connectivity index (χ0n) is 7.58. The van der Waals surface area contributed by atoms with Crippen molar-refractivity contribution in [3.05, 3.63) is 30.1 Å². The number of aromatic nitrogens is 1. The Morgan fingerprint density at radius 3 is 2.83 bits per heavy atom. The molecule has 1 aromatic rings. The lowest BCUT2D eigenvalue weighted by molar-refractivity contribution is -0.679. The number of hydrogen-bond donors (Lipinski definition) is 0. The van der Waals surface area contributed by atoms with Crippen LogP contribution >= 0.6 is 0 Å². The van der Waals surface area contributed by atoms with Gasteiger partial charge in [0.1, 0.15) is 12.8 Å². The highest BCUT2D eigenvalue weighted by Crippen LogP contribution is 1.96. The number of ketones is 1. The van der Waals surface area contributed by atoms with Crippen molar-refractivity contribution in [2.24, 2.45) is 7.05 Å². The molecule has 0 aliphatic carbocycles. The number of Topliss-reactive ketones (excluding diaryl/α,β-unsaturated/α-hetero) is 1. The van der Waals surface area contributed by atoms with E-state index in [0.717, 1.165) is 6.42 Å². The number of carbonyl (C=O) groups is 1. The fraction of sp³-hybridized carbons (Fsp3) is 0.400. The Kier molecular flexibility index (Phi) is 2.97.